The number of carbonyl (C=O) groups excluding carboxylic acids is 1. The van der Waals surface area contributed by atoms with E-state index in [1.165, 1.54) is 25.7 Å². The first kappa shape index (κ1) is 31.2. The number of rotatable bonds is 10. The van der Waals surface area contributed by atoms with E-state index in [9.17, 15) is 22.8 Å². The number of aliphatic carboxylic acids is 1. The highest BCUT2D eigenvalue weighted by molar-refractivity contribution is 5.81. The summed E-state index contributed by atoms with van der Waals surface area (Å²) in [6, 6.07) is 12.3. The molecule has 7 nitrogen and oxygen atoms in total. The van der Waals surface area contributed by atoms with Crippen molar-refractivity contribution < 1.29 is 32.6 Å². The number of hydrogen-bond acceptors (Lipinski definition) is 5. The number of likely N-dealkylation sites (tertiary alicyclic amines) is 2. The van der Waals surface area contributed by atoms with E-state index in [0.717, 1.165) is 42.1 Å². The van der Waals surface area contributed by atoms with E-state index in [4.69, 9.17) is 9.84 Å². The van der Waals surface area contributed by atoms with Gasteiger partial charge in [0.25, 0.3) is 0 Å². The molecule has 0 aromatic heterocycles. The summed E-state index contributed by atoms with van der Waals surface area (Å²) in [4.78, 5) is 31.3. The van der Waals surface area contributed by atoms with Crippen LogP contribution in [0.1, 0.15) is 73.5 Å². The topological polar surface area (TPSA) is 73.3 Å². The van der Waals surface area contributed by atoms with Gasteiger partial charge in [-0.25, -0.2) is 0 Å². The smallest absolute Gasteiger partial charge is 0.416 e. The van der Waals surface area contributed by atoms with Crippen molar-refractivity contribution in [3.63, 3.8) is 0 Å². The molecule has 234 valence electrons. The van der Waals surface area contributed by atoms with Crippen LogP contribution in [0.15, 0.2) is 42.5 Å². The number of methoxy groups -OCH3 is 1. The van der Waals surface area contributed by atoms with E-state index in [1.54, 1.807) is 25.1 Å². The third-order valence-electron chi connectivity index (χ3n) is 9.64. The number of carboxylic acids is 1. The monoisotopic (exact) mass is 601 g/mol. The van der Waals surface area contributed by atoms with Gasteiger partial charge >= 0.3 is 12.1 Å². The molecule has 3 fully saturated rings. The number of hydrogen-bond donors (Lipinski definition) is 1. The lowest BCUT2D eigenvalue weighted by molar-refractivity contribution is -0.138. The van der Waals surface area contributed by atoms with Gasteiger partial charge in [-0.05, 0) is 61.1 Å². The average Bonchev–Trinajstić information content (AvgIpc) is 3.77. The number of amides is 1. The Hall–Kier alpha value is -3.27. The maximum Gasteiger partial charge on any atom is 0.416 e. The van der Waals surface area contributed by atoms with Gasteiger partial charge in [0.1, 0.15) is 5.75 Å². The minimum Gasteiger partial charge on any atom is -0.497 e. The lowest BCUT2D eigenvalue weighted by Gasteiger charge is -2.27. The van der Waals surface area contributed by atoms with Gasteiger partial charge < -0.3 is 19.6 Å². The maximum atomic E-state index is 14.2. The van der Waals surface area contributed by atoms with Crippen molar-refractivity contribution in [1.82, 2.24) is 9.80 Å². The molecule has 3 aliphatic rings. The highest BCUT2D eigenvalue weighted by atomic mass is 19.4. The van der Waals surface area contributed by atoms with Crippen LogP contribution < -0.4 is 9.64 Å². The van der Waals surface area contributed by atoms with Gasteiger partial charge in [-0.15, -0.1) is 0 Å². The van der Waals surface area contributed by atoms with Crippen LogP contribution in [0.3, 0.4) is 0 Å². The number of halogens is 3. The van der Waals surface area contributed by atoms with Gasteiger partial charge in [0, 0.05) is 69.8 Å². The molecule has 1 saturated carbocycles. The predicted molar refractivity (Wildman–Crippen MR) is 159 cm³/mol. The molecule has 2 aromatic rings. The molecule has 2 aromatic carbocycles. The molecular weight excluding hydrogens is 559 g/mol. The van der Waals surface area contributed by atoms with Crippen LogP contribution in [0.5, 0.6) is 5.75 Å². The molecule has 2 heterocycles. The first-order chi connectivity index (χ1) is 20.5. The number of ether oxygens (including phenoxy) is 1. The van der Waals surface area contributed by atoms with Crippen LogP contribution in [-0.4, -0.2) is 79.7 Å². The Morgan fingerprint density at radius 3 is 2.40 bits per heavy atom. The molecule has 1 N–H and O–H groups in total. The Bertz CT molecular complexity index is 1280. The quantitative estimate of drug-likeness (QED) is 0.361. The molecule has 2 saturated heterocycles. The van der Waals surface area contributed by atoms with Gasteiger partial charge in [-0.2, -0.15) is 13.2 Å². The van der Waals surface area contributed by atoms with E-state index in [1.807, 2.05) is 17.0 Å². The number of carboxylic acid groups (broad SMARTS) is 1. The van der Waals surface area contributed by atoms with Crippen LogP contribution in [0, 0.1) is 5.92 Å². The lowest BCUT2D eigenvalue weighted by Crippen LogP contribution is -2.38. The number of nitrogens with zero attached hydrogens (tertiary/aromatic N) is 3. The van der Waals surface area contributed by atoms with E-state index in [-0.39, 0.29) is 30.1 Å². The third-order valence-corrected chi connectivity index (χ3v) is 9.64. The number of alkyl halides is 3. The van der Waals surface area contributed by atoms with Crippen LogP contribution in [-0.2, 0) is 15.8 Å². The molecule has 3 atom stereocenters. The molecule has 0 radical (unpaired) electrons. The summed E-state index contributed by atoms with van der Waals surface area (Å²) in [6.45, 7) is 2.89. The predicted octanol–water partition coefficient (Wildman–Crippen LogP) is 5.99. The first-order valence-electron chi connectivity index (χ1n) is 15.4. The zero-order chi connectivity index (χ0) is 30.7. The van der Waals surface area contributed by atoms with Crippen molar-refractivity contribution in [3.8, 4) is 5.75 Å². The Labute approximate surface area is 251 Å². The van der Waals surface area contributed by atoms with Gasteiger partial charge in [0.2, 0.25) is 5.91 Å². The van der Waals surface area contributed by atoms with Crippen molar-refractivity contribution in [2.24, 2.45) is 5.92 Å². The second-order valence-corrected chi connectivity index (χ2v) is 12.3. The minimum absolute atomic E-state index is 0.0566. The summed E-state index contributed by atoms with van der Waals surface area (Å²) in [5, 5.41) is 9.03. The second-order valence-electron chi connectivity index (χ2n) is 12.3. The molecular formula is C33H42F3N3O4. The van der Waals surface area contributed by atoms with Crippen molar-refractivity contribution in [1.29, 1.82) is 0 Å². The number of benzene rings is 2. The van der Waals surface area contributed by atoms with Crippen molar-refractivity contribution >= 4 is 17.6 Å². The summed E-state index contributed by atoms with van der Waals surface area (Å²) < 4.78 is 46.3. The zero-order valence-electron chi connectivity index (χ0n) is 25.0. The van der Waals surface area contributed by atoms with Gasteiger partial charge in [0.15, 0.2) is 0 Å². The van der Waals surface area contributed by atoms with E-state index >= 15 is 0 Å². The third kappa shape index (κ3) is 7.11. The van der Waals surface area contributed by atoms with Crippen molar-refractivity contribution in [2.45, 2.75) is 69.0 Å². The molecule has 2 aliphatic heterocycles. The largest absolute Gasteiger partial charge is 0.497 e. The second kappa shape index (κ2) is 13.2. The molecule has 0 unspecified atom stereocenters. The van der Waals surface area contributed by atoms with Gasteiger partial charge in [-0.3, -0.25) is 14.5 Å². The lowest BCUT2D eigenvalue weighted by atomic mass is 9.88. The van der Waals surface area contributed by atoms with Crippen LogP contribution in [0.2, 0.25) is 0 Å². The van der Waals surface area contributed by atoms with Crippen LogP contribution in [0.25, 0.3) is 0 Å². The normalized spacial score (nSPS) is 23.2. The summed E-state index contributed by atoms with van der Waals surface area (Å²) in [5.41, 5.74) is 1.61. The highest BCUT2D eigenvalue weighted by Gasteiger charge is 2.44. The molecule has 1 amide bonds. The average molecular weight is 602 g/mol. The van der Waals surface area contributed by atoms with E-state index in [0.29, 0.717) is 44.2 Å². The molecule has 0 spiro atoms. The standard InChI is InChI=1S/C33H42F3N3O4/c1-37(16-5-8-31(40)41)30-18-24(33(34,35)36)11-14-27(30)23-15-17-38(19-23)32(42)29-21-39(25-6-3-4-7-25)20-28(29)22-9-12-26(43-2)13-10-22/h9-14,18,23,25,28-29H,3-8,15-17,19-21H2,1-2H3,(H,40,41)/t23-,28+,29-/m1/s1. The Kier molecular flexibility index (Phi) is 9.54. The SMILES string of the molecule is COc1ccc([C@@H]2CN(C3CCCC3)C[C@H]2C(=O)N2CC[C@@H](c3ccc(C(F)(F)F)cc3N(C)CCCC(=O)O)C2)cc1. The summed E-state index contributed by atoms with van der Waals surface area (Å²) in [7, 11) is 3.34. The Morgan fingerprint density at radius 2 is 1.74 bits per heavy atom. The summed E-state index contributed by atoms with van der Waals surface area (Å²) in [5.74, 6) is -0.255. The van der Waals surface area contributed by atoms with Gasteiger partial charge in [0.05, 0.1) is 18.6 Å². The van der Waals surface area contributed by atoms with Gasteiger partial charge in [-0.1, -0.05) is 31.0 Å². The fourth-order valence-corrected chi connectivity index (χ4v) is 7.27. The fraction of sp³-hybridized carbons (Fsp3) is 0.576. The first-order valence-corrected chi connectivity index (χ1v) is 15.4. The molecule has 0 bridgehead atoms. The molecule has 43 heavy (non-hydrogen) atoms. The number of anilines is 1. The van der Waals surface area contributed by atoms with E-state index < -0.39 is 17.7 Å². The number of carbonyl (C=O) groups is 2. The minimum atomic E-state index is -4.49. The van der Waals surface area contributed by atoms with E-state index in [2.05, 4.69) is 17.0 Å². The van der Waals surface area contributed by atoms with Crippen molar-refractivity contribution in [3.05, 3.63) is 59.2 Å². The van der Waals surface area contributed by atoms with Crippen LogP contribution >= 0.6 is 0 Å². The van der Waals surface area contributed by atoms with Crippen molar-refractivity contribution in [2.75, 3.05) is 51.8 Å². The zero-order valence-corrected chi connectivity index (χ0v) is 25.0. The summed E-state index contributed by atoms with van der Waals surface area (Å²) in [6.07, 6.45) is 1.22. The highest BCUT2D eigenvalue weighted by Crippen LogP contribution is 2.42. The van der Waals surface area contributed by atoms with Crippen LogP contribution in [0.4, 0.5) is 18.9 Å². The Balaban J connectivity index is 1.35. The fourth-order valence-electron chi connectivity index (χ4n) is 7.27. The molecule has 5 rings (SSSR count). The summed E-state index contributed by atoms with van der Waals surface area (Å²) >= 11 is 0. The molecule has 10 heteroatoms. The Morgan fingerprint density at radius 1 is 1.02 bits per heavy atom. The molecule has 1 aliphatic carbocycles. The maximum absolute atomic E-state index is 14.2.